The highest BCUT2D eigenvalue weighted by molar-refractivity contribution is 7.93. The summed E-state index contributed by atoms with van der Waals surface area (Å²) < 4.78 is 34.0. The van der Waals surface area contributed by atoms with E-state index in [0.717, 1.165) is 11.1 Å². The Morgan fingerprint density at radius 3 is 2.66 bits per heavy atom. The lowest BCUT2D eigenvalue weighted by atomic mass is 10.1. The summed E-state index contributed by atoms with van der Waals surface area (Å²) >= 11 is 7.38. The fourth-order valence-corrected chi connectivity index (χ4v) is 5.78. The van der Waals surface area contributed by atoms with E-state index in [1.54, 1.807) is 30.8 Å². The number of nitrogens with zero attached hydrogens (tertiary/aromatic N) is 4. The van der Waals surface area contributed by atoms with Crippen molar-refractivity contribution in [3.8, 4) is 5.75 Å². The lowest BCUT2D eigenvalue weighted by Crippen LogP contribution is -2.30. The van der Waals surface area contributed by atoms with Crippen molar-refractivity contribution in [2.75, 3.05) is 11.4 Å². The van der Waals surface area contributed by atoms with E-state index in [0.29, 0.717) is 21.7 Å². The molecule has 4 rings (SSSR count). The SMILES string of the molecule is [C-]#[N+]c1cnc(Cl)c2ccc(S(=O)(=O)N(Cc3ccc(OC)cc3C)c3nccs3)cc12. The Labute approximate surface area is 194 Å². The summed E-state index contributed by atoms with van der Waals surface area (Å²) in [5.41, 5.74) is 1.94. The van der Waals surface area contributed by atoms with Gasteiger partial charge in [0.2, 0.25) is 5.69 Å². The number of ether oxygens (including phenoxy) is 1. The van der Waals surface area contributed by atoms with Gasteiger partial charge in [0, 0.05) is 23.2 Å². The molecule has 2 aromatic heterocycles. The van der Waals surface area contributed by atoms with E-state index in [1.807, 2.05) is 19.1 Å². The summed E-state index contributed by atoms with van der Waals surface area (Å²) in [6.45, 7) is 9.38. The number of methoxy groups -OCH3 is 1. The van der Waals surface area contributed by atoms with Crippen LogP contribution < -0.4 is 9.04 Å². The van der Waals surface area contributed by atoms with Gasteiger partial charge < -0.3 is 4.74 Å². The van der Waals surface area contributed by atoms with Gasteiger partial charge in [-0.2, -0.15) is 0 Å². The largest absolute Gasteiger partial charge is 0.497 e. The van der Waals surface area contributed by atoms with E-state index in [-0.39, 0.29) is 22.3 Å². The van der Waals surface area contributed by atoms with Gasteiger partial charge in [0.1, 0.15) is 10.9 Å². The van der Waals surface area contributed by atoms with Crippen LogP contribution in [0.15, 0.2) is 59.1 Å². The van der Waals surface area contributed by atoms with Gasteiger partial charge in [-0.05, 0) is 47.7 Å². The summed E-state index contributed by atoms with van der Waals surface area (Å²) in [6.07, 6.45) is 2.90. The fraction of sp³-hybridized carbons (Fsp3) is 0.136. The average Bonchev–Trinajstić information content (AvgIpc) is 3.32. The molecule has 0 fully saturated rings. The highest BCUT2D eigenvalue weighted by atomic mass is 35.5. The molecule has 0 aliphatic rings. The van der Waals surface area contributed by atoms with Crippen LogP contribution in [0.1, 0.15) is 11.1 Å². The summed E-state index contributed by atoms with van der Waals surface area (Å²) in [5.74, 6) is 0.696. The Morgan fingerprint density at radius 1 is 1.19 bits per heavy atom. The predicted molar refractivity (Wildman–Crippen MR) is 126 cm³/mol. The molecule has 7 nitrogen and oxygen atoms in total. The highest BCUT2D eigenvalue weighted by Gasteiger charge is 2.28. The Hall–Kier alpha value is -3.19. The van der Waals surface area contributed by atoms with Crippen LogP contribution in [0.2, 0.25) is 5.15 Å². The zero-order valence-corrected chi connectivity index (χ0v) is 19.5. The molecule has 0 saturated heterocycles. The molecule has 0 N–H and O–H groups in total. The molecule has 4 aromatic rings. The van der Waals surface area contributed by atoms with E-state index in [4.69, 9.17) is 22.9 Å². The molecule has 32 heavy (non-hydrogen) atoms. The Balaban J connectivity index is 1.84. The normalized spacial score (nSPS) is 11.3. The van der Waals surface area contributed by atoms with Crippen molar-refractivity contribution in [1.82, 2.24) is 9.97 Å². The van der Waals surface area contributed by atoms with Crippen molar-refractivity contribution in [2.24, 2.45) is 0 Å². The number of halogens is 1. The van der Waals surface area contributed by atoms with Crippen LogP contribution in [0.4, 0.5) is 10.8 Å². The molecule has 0 atom stereocenters. The number of aryl methyl sites for hydroxylation is 1. The standard InChI is InChI=1S/C22H17ClN4O3S2/c1-14-10-16(30-3)5-4-15(14)13-27(22-25-8-9-31-22)32(28,29)17-6-7-18-19(11-17)20(24-2)12-26-21(18)23/h4-12H,13H2,1,3H3. The Kier molecular flexibility index (Phi) is 6.02. The first-order chi connectivity index (χ1) is 15.3. The second-order valence-corrected chi connectivity index (χ2v) is 9.97. The smallest absolute Gasteiger partial charge is 0.266 e. The van der Waals surface area contributed by atoms with Crippen molar-refractivity contribution in [2.45, 2.75) is 18.4 Å². The fourth-order valence-electron chi connectivity index (χ4n) is 3.27. The second-order valence-electron chi connectivity index (χ2n) is 6.87. The quantitative estimate of drug-likeness (QED) is 0.262. The minimum absolute atomic E-state index is 0.0403. The maximum absolute atomic E-state index is 13.7. The third kappa shape index (κ3) is 4.00. The van der Waals surface area contributed by atoms with Gasteiger partial charge in [-0.3, -0.25) is 4.98 Å². The van der Waals surface area contributed by atoms with Gasteiger partial charge in [-0.15, -0.1) is 11.3 Å². The highest BCUT2D eigenvalue weighted by Crippen LogP contribution is 2.34. The van der Waals surface area contributed by atoms with Gasteiger partial charge in [-0.1, -0.05) is 23.7 Å². The molecule has 0 amide bonds. The van der Waals surface area contributed by atoms with Crippen molar-refractivity contribution < 1.29 is 13.2 Å². The van der Waals surface area contributed by atoms with Crippen LogP contribution in [0, 0.1) is 13.5 Å². The number of hydrogen-bond donors (Lipinski definition) is 0. The predicted octanol–water partition coefficient (Wildman–Crippen LogP) is 5.61. The third-order valence-electron chi connectivity index (χ3n) is 4.99. The molecule has 162 valence electrons. The zero-order valence-electron chi connectivity index (χ0n) is 17.1. The number of fused-ring (bicyclic) bond motifs is 1. The first kappa shape index (κ1) is 22.0. The summed E-state index contributed by atoms with van der Waals surface area (Å²) in [6, 6.07) is 10.0. The molecule has 0 aliphatic carbocycles. The summed E-state index contributed by atoms with van der Waals surface area (Å²) in [5, 5.41) is 3.23. The Morgan fingerprint density at radius 2 is 2.00 bits per heavy atom. The molecule has 2 heterocycles. The lowest BCUT2D eigenvalue weighted by Gasteiger charge is -2.23. The van der Waals surface area contributed by atoms with E-state index in [1.165, 1.54) is 34.0 Å². The van der Waals surface area contributed by atoms with Gasteiger partial charge in [-0.25, -0.2) is 22.6 Å². The maximum atomic E-state index is 13.7. The molecule has 0 bridgehead atoms. The van der Waals surface area contributed by atoms with E-state index >= 15 is 0 Å². The number of anilines is 1. The van der Waals surface area contributed by atoms with E-state index in [9.17, 15) is 8.42 Å². The Bertz CT molecular complexity index is 1450. The minimum Gasteiger partial charge on any atom is -0.497 e. The van der Waals surface area contributed by atoms with Crippen LogP contribution in [0.3, 0.4) is 0 Å². The van der Waals surface area contributed by atoms with E-state index < -0.39 is 10.0 Å². The van der Waals surface area contributed by atoms with Crippen molar-refractivity contribution in [1.29, 1.82) is 0 Å². The third-order valence-corrected chi connectivity index (χ3v) is 7.94. The number of hydrogen-bond acceptors (Lipinski definition) is 6. The van der Waals surface area contributed by atoms with Crippen LogP contribution in [0.5, 0.6) is 5.75 Å². The number of thiazole rings is 1. The van der Waals surface area contributed by atoms with Crippen LogP contribution >= 0.6 is 22.9 Å². The molecule has 0 radical (unpaired) electrons. The second kappa shape index (κ2) is 8.74. The van der Waals surface area contributed by atoms with Crippen LogP contribution in [0.25, 0.3) is 15.6 Å². The summed E-state index contributed by atoms with van der Waals surface area (Å²) in [4.78, 5) is 11.7. The monoisotopic (exact) mass is 484 g/mol. The number of pyridine rings is 1. The van der Waals surface area contributed by atoms with Gasteiger partial charge in [0.05, 0.1) is 25.1 Å². The number of sulfonamides is 1. The molecular formula is C22H17ClN4O3S2. The van der Waals surface area contributed by atoms with Gasteiger partial charge in [0.25, 0.3) is 10.0 Å². The van der Waals surface area contributed by atoms with Gasteiger partial charge in [0.15, 0.2) is 5.13 Å². The molecule has 0 unspecified atom stereocenters. The zero-order chi connectivity index (χ0) is 22.9. The number of rotatable bonds is 6. The molecule has 2 aromatic carbocycles. The molecule has 0 aliphatic heterocycles. The number of aromatic nitrogens is 2. The maximum Gasteiger partial charge on any atom is 0.266 e. The van der Waals surface area contributed by atoms with E-state index in [2.05, 4.69) is 14.8 Å². The lowest BCUT2D eigenvalue weighted by molar-refractivity contribution is 0.414. The number of benzene rings is 2. The molecule has 10 heteroatoms. The summed E-state index contributed by atoms with van der Waals surface area (Å²) in [7, 11) is -2.42. The van der Waals surface area contributed by atoms with Crippen molar-refractivity contribution >= 4 is 54.6 Å². The molecular weight excluding hydrogens is 468 g/mol. The van der Waals surface area contributed by atoms with Crippen molar-refractivity contribution in [3.05, 3.63) is 81.9 Å². The average molecular weight is 485 g/mol. The topological polar surface area (TPSA) is 76.8 Å². The van der Waals surface area contributed by atoms with Crippen molar-refractivity contribution in [3.63, 3.8) is 0 Å². The first-order valence-electron chi connectivity index (χ1n) is 9.36. The first-order valence-corrected chi connectivity index (χ1v) is 12.1. The van der Waals surface area contributed by atoms with Gasteiger partial charge >= 0.3 is 0 Å². The van der Waals surface area contributed by atoms with Crippen LogP contribution in [-0.2, 0) is 16.6 Å². The van der Waals surface area contributed by atoms with Crippen LogP contribution in [-0.4, -0.2) is 25.5 Å². The molecule has 0 spiro atoms. The molecule has 0 saturated carbocycles. The minimum atomic E-state index is -4.00.